The lowest BCUT2D eigenvalue weighted by Gasteiger charge is -2.33. The number of anilines is 4. The summed E-state index contributed by atoms with van der Waals surface area (Å²) in [6.45, 7) is 5.74. The molecule has 1 aromatic carbocycles. The lowest BCUT2D eigenvalue weighted by molar-refractivity contribution is -0.118. The van der Waals surface area contributed by atoms with Crippen LogP contribution in [-0.4, -0.2) is 40.8 Å². The van der Waals surface area contributed by atoms with Crippen LogP contribution >= 0.6 is 11.3 Å². The Balaban J connectivity index is 1.59. The molecule has 0 bridgehead atoms. The number of nitrogens with two attached hydrogens (primary N) is 2. The Bertz CT molecular complexity index is 1200. The van der Waals surface area contributed by atoms with E-state index in [9.17, 15) is 14.0 Å². The first-order valence-corrected chi connectivity index (χ1v) is 12.5. The van der Waals surface area contributed by atoms with Crippen LogP contribution < -0.4 is 21.3 Å². The van der Waals surface area contributed by atoms with Gasteiger partial charge in [0, 0.05) is 30.5 Å². The van der Waals surface area contributed by atoms with Gasteiger partial charge in [-0.2, -0.15) is 0 Å². The van der Waals surface area contributed by atoms with E-state index in [-0.39, 0.29) is 16.5 Å². The standard InChI is InChI=1S/C25H29FN6O2S/c1-3-16-5-4-12-31(14-16)20-11-6-17(13-29-20)21(33)22-23(27)30-25(35-22)32(15(2)24(28)34)19-9-7-18(26)8-10-19/h6-11,13,15-16H,3-5,12,14,27H2,1-2H3,(H2,28,34). The number of benzene rings is 1. The molecule has 184 valence electrons. The van der Waals surface area contributed by atoms with Crippen molar-refractivity contribution in [1.82, 2.24) is 9.97 Å². The number of amides is 1. The molecule has 1 aliphatic rings. The quantitative estimate of drug-likeness (QED) is 0.450. The summed E-state index contributed by atoms with van der Waals surface area (Å²) < 4.78 is 13.5. The molecule has 0 aliphatic carbocycles. The number of carbonyl (C=O) groups is 2. The van der Waals surface area contributed by atoms with Crippen LogP contribution in [0.4, 0.5) is 26.8 Å². The van der Waals surface area contributed by atoms with Crippen molar-refractivity contribution in [2.24, 2.45) is 11.7 Å². The van der Waals surface area contributed by atoms with Gasteiger partial charge in [0.1, 0.15) is 28.4 Å². The Kier molecular flexibility index (Phi) is 7.30. The van der Waals surface area contributed by atoms with Crippen LogP contribution in [0.3, 0.4) is 0 Å². The van der Waals surface area contributed by atoms with E-state index in [0.717, 1.165) is 43.1 Å². The number of nitrogen functional groups attached to an aromatic ring is 1. The number of thiazole rings is 1. The highest BCUT2D eigenvalue weighted by Crippen LogP contribution is 2.36. The van der Waals surface area contributed by atoms with Crippen molar-refractivity contribution in [1.29, 1.82) is 0 Å². The number of nitrogens with zero attached hydrogens (tertiary/aromatic N) is 4. The number of halogens is 1. The van der Waals surface area contributed by atoms with Crippen molar-refractivity contribution in [2.75, 3.05) is 28.6 Å². The third-order valence-electron chi connectivity index (χ3n) is 6.39. The second-order valence-electron chi connectivity index (χ2n) is 8.73. The van der Waals surface area contributed by atoms with Gasteiger partial charge in [-0.1, -0.05) is 24.7 Å². The molecule has 8 nitrogen and oxygen atoms in total. The molecular formula is C25H29FN6O2S. The summed E-state index contributed by atoms with van der Waals surface area (Å²) in [5.41, 5.74) is 12.6. The average molecular weight is 497 g/mol. The smallest absolute Gasteiger partial charge is 0.240 e. The number of hydrogen-bond acceptors (Lipinski definition) is 8. The largest absolute Gasteiger partial charge is 0.382 e. The first kappa shape index (κ1) is 24.6. The van der Waals surface area contributed by atoms with Crippen LogP contribution in [-0.2, 0) is 4.79 Å². The zero-order valence-corrected chi connectivity index (χ0v) is 20.6. The Labute approximate surface area is 207 Å². The number of ketones is 1. The molecule has 0 radical (unpaired) electrons. The summed E-state index contributed by atoms with van der Waals surface area (Å²) in [6.07, 6.45) is 5.08. The minimum absolute atomic E-state index is 0.0460. The molecule has 35 heavy (non-hydrogen) atoms. The average Bonchev–Trinajstić information content (AvgIpc) is 3.25. The molecule has 4 N–H and O–H groups in total. The maximum atomic E-state index is 13.5. The van der Waals surface area contributed by atoms with Crippen molar-refractivity contribution in [3.8, 4) is 0 Å². The molecule has 3 heterocycles. The van der Waals surface area contributed by atoms with E-state index < -0.39 is 17.8 Å². The molecule has 2 atom stereocenters. The predicted octanol–water partition coefficient (Wildman–Crippen LogP) is 4.13. The fourth-order valence-corrected chi connectivity index (χ4v) is 5.31. The van der Waals surface area contributed by atoms with Crippen molar-refractivity contribution < 1.29 is 14.0 Å². The molecule has 1 saturated heterocycles. The van der Waals surface area contributed by atoms with Gasteiger partial charge in [0.25, 0.3) is 0 Å². The SMILES string of the molecule is CCC1CCCN(c2ccc(C(=O)c3sc(N(c4ccc(F)cc4)C(C)C(N)=O)nc3N)cn2)C1. The maximum absolute atomic E-state index is 13.5. The van der Waals surface area contributed by atoms with Crippen LogP contribution in [0, 0.1) is 11.7 Å². The maximum Gasteiger partial charge on any atom is 0.240 e. The summed E-state index contributed by atoms with van der Waals surface area (Å²) in [5, 5.41) is 0.312. The van der Waals surface area contributed by atoms with Crippen molar-refractivity contribution in [2.45, 2.75) is 39.2 Å². The van der Waals surface area contributed by atoms with E-state index in [1.54, 1.807) is 24.1 Å². The fourth-order valence-electron chi connectivity index (χ4n) is 4.26. The lowest BCUT2D eigenvalue weighted by atomic mass is 9.96. The van der Waals surface area contributed by atoms with Gasteiger partial charge in [0.05, 0.1) is 0 Å². The predicted molar refractivity (Wildman–Crippen MR) is 137 cm³/mol. The normalized spacial score (nSPS) is 16.7. The number of rotatable bonds is 8. The molecule has 2 aromatic heterocycles. The van der Waals surface area contributed by atoms with Gasteiger partial charge in [-0.05, 0) is 62.1 Å². The van der Waals surface area contributed by atoms with E-state index >= 15 is 0 Å². The molecule has 0 saturated carbocycles. The number of piperidine rings is 1. The topological polar surface area (TPSA) is 118 Å². The van der Waals surface area contributed by atoms with Crippen molar-refractivity contribution in [3.05, 3.63) is 58.9 Å². The number of pyridine rings is 1. The van der Waals surface area contributed by atoms with Gasteiger partial charge in [-0.3, -0.25) is 9.59 Å². The lowest BCUT2D eigenvalue weighted by Crippen LogP contribution is -2.39. The molecule has 1 aliphatic heterocycles. The van der Waals surface area contributed by atoms with Gasteiger partial charge in [-0.25, -0.2) is 14.4 Å². The summed E-state index contributed by atoms with van der Waals surface area (Å²) in [5.74, 6) is 0.245. The Morgan fingerprint density at radius 2 is 2.00 bits per heavy atom. The Hall–Kier alpha value is -3.53. The van der Waals surface area contributed by atoms with Gasteiger partial charge < -0.3 is 21.3 Å². The number of aromatic nitrogens is 2. The summed E-state index contributed by atoms with van der Waals surface area (Å²) >= 11 is 1.05. The van der Waals surface area contributed by atoms with Gasteiger partial charge in [0.15, 0.2) is 5.13 Å². The monoisotopic (exact) mass is 496 g/mol. The van der Waals surface area contributed by atoms with E-state index in [1.807, 2.05) is 6.07 Å². The second kappa shape index (κ2) is 10.4. The summed E-state index contributed by atoms with van der Waals surface area (Å²) in [4.78, 5) is 38.1. The van der Waals surface area contributed by atoms with Gasteiger partial charge >= 0.3 is 0 Å². The number of primary amides is 1. The first-order valence-electron chi connectivity index (χ1n) is 11.6. The second-order valence-corrected chi connectivity index (χ2v) is 9.71. The van der Waals surface area contributed by atoms with Gasteiger partial charge in [0.2, 0.25) is 11.7 Å². The summed E-state index contributed by atoms with van der Waals surface area (Å²) in [7, 11) is 0. The third-order valence-corrected chi connectivity index (χ3v) is 7.46. The van der Waals surface area contributed by atoms with Crippen LogP contribution in [0.1, 0.15) is 48.3 Å². The van der Waals surface area contributed by atoms with Crippen molar-refractivity contribution >= 4 is 45.5 Å². The number of hydrogen-bond donors (Lipinski definition) is 2. The van der Waals surface area contributed by atoms with E-state index in [4.69, 9.17) is 11.5 Å². The number of carbonyl (C=O) groups excluding carboxylic acids is 2. The highest BCUT2D eigenvalue weighted by molar-refractivity contribution is 7.18. The fraction of sp³-hybridized carbons (Fsp3) is 0.360. The van der Waals surface area contributed by atoms with Crippen LogP contribution in [0.5, 0.6) is 0 Å². The highest BCUT2D eigenvalue weighted by atomic mass is 32.1. The molecule has 4 rings (SSSR count). The zero-order chi connectivity index (χ0) is 25.1. The molecule has 1 fully saturated rings. The van der Waals surface area contributed by atoms with E-state index in [0.29, 0.717) is 22.3 Å². The van der Waals surface area contributed by atoms with Crippen LogP contribution in [0.15, 0.2) is 42.6 Å². The molecule has 10 heteroatoms. The molecule has 2 unspecified atom stereocenters. The molecular weight excluding hydrogens is 467 g/mol. The van der Waals surface area contributed by atoms with Gasteiger partial charge in [-0.15, -0.1) is 0 Å². The zero-order valence-electron chi connectivity index (χ0n) is 19.8. The molecule has 1 amide bonds. The van der Waals surface area contributed by atoms with E-state index in [1.165, 1.54) is 30.7 Å². The minimum Gasteiger partial charge on any atom is -0.382 e. The molecule has 0 spiro atoms. The first-order chi connectivity index (χ1) is 16.8. The van der Waals surface area contributed by atoms with Crippen LogP contribution in [0.2, 0.25) is 0 Å². The summed E-state index contributed by atoms with van der Waals surface area (Å²) in [6, 6.07) is 8.40. The molecule has 3 aromatic rings. The minimum atomic E-state index is -0.800. The Morgan fingerprint density at radius 1 is 1.26 bits per heavy atom. The van der Waals surface area contributed by atoms with Crippen LogP contribution in [0.25, 0.3) is 0 Å². The Morgan fingerprint density at radius 3 is 2.63 bits per heavy atom. The van der Waals surface area contributed by atoms with Crippen molar-refractivity contribution in [3.63, 3.8) is 0 Å². The third kappa shape index (κ3) is 5.27. The van der Waals surface area contributed by atoms with E-state index in [2.05, 4.69) is 21.8 Å². The highest BCUT2D eigenvalue weighted by Gasteiger charge is 2.28.